The van der Waals surface area contributed by atoms with Gasteiger partial charge in [-0.3, -0.25) is 0 Å². The lowest BCUT2D eigenvalue weighted by Crippen LogP contribution is -2.14. The number of hydrogen-bond donors (Lipinski definition) is 0. The first-order valence-corrected chi connectivity index (χ1v) is 18.1. The molecule has 1 aliphatic rings. The van der Waals surface area contributed by atoms with Gasteiger partial charge in [-0.15, -0.1) is 0 Å². The minimum Gasteiger partial charge on any atom is -0.309 e. The van der Waals surface area contributed by atoms with Crippen LogP contribution in [0.25, 0.3) is 83.4 Å². The Bertz CT molecular complexity index is 2730. The van der Waals surface area contributed by atoms with E-state index in [2.05, 4.69) is 200 Å². The van der Waals surface area contributed by atoms with Crippen LogP contribution in [-0.2, 0) is 5.41 Å². The van der Waals surface area contributed by atoms with E-state index < -0.39 is 0 Å². The van der Waals surface area contributed by atoms with Crippen molar-refractivity contribution in [1.29, 1.82) is 0 Å². The number of hydrogen-bond acceptors (Lipinski definition) is 1. The lowest BCUT2D eigenvalue weighted by atomic mass is 9.82. The first kappa shape index (κ1) is 30.3. The summed E-state index contributed by atoms with van der Waals surface area (Å²) in [6.45, 7) is 4.70. The number of pyridine rings is 1. The van der Waals surface area contributed by atoms with Gasteiger partial charge in [0.15, 0.2) is 0 Å². The molecule has 0 saturated heterocycles. The third-order valence-corrected chi connectivity index (χ3v) is 11.0. The van der Waals surface area contributed by atoms with Crippen LogP contribution in [0, 0.1) is 0 Å². The van der Waals surface area contributed by atoms with Crippen LogP contribution < -0.4 is 0 Å². The van der Waals surface area contributed by atoms with Crippen molar-refractivity contribution < 1.29 is 0 Å². The van der Waals surface area contributed by atoms with Gasteiger partial charge in [0.05, 0.1) is 22.4 Å². The SMILES string of the molecule is CC1(C)c2ccccc2-c2c(-c3ccc4c(c3)c3cccc(-c5cc(-c6ccccc6)cc(-c6ccccc6)n5)c3n4-c3ccccc3)cccc21. The molecule has 0 amide bonds. The van der Waals surface area contributed by atoms with Crippen molar-refractivity contribution in [3.05, 3.63) is 193 Å². The molecule has 0 radical (unpaired) electrons. The minimum absolute atomic E-state index is 0.0514. The average molecular weight is 665 g/mol. The normalized spacial score (nSPS) is 13.0. The first-order chi connectivity index (χ1) is 25.6. The quantitative estimate of drug-likeness (QED) is 0.179. The van der Waals surface area contributed by atoms with Crippen molar-refractivity contribution in [1.82, 2.24) is 9.55 Å². The van der Waals surface area contributed by atoms with Gasteiger partial charge >= 0.3 is 0 Å². The molecule has 1 aliphatic carbocycles. The summed E-state index contributed by atoms with van der Waals surface area (Å²) in [6.07, 6.45) is 0. The Hall–Kier alpha value is -6.51. The maximum absolute atomic E-state index is 5.38. The zero-order valence-electron chi connectivity index (χ0n) is 29.2. The second-order valence-corrected chi connectivity index (χ2v) is 14.4. The summed E-state index contributed by atoms with van der Waals surface area (Å²) < 4.78 is 2.43. The van der Waals surface area contributed by atoms with Crippen LogP contribution in [0.15, 0.2) is 182 Å². The summed E-state index contributed by atoms with van der Waals surface area (Å²) in [4.78, 5) is 5.38. The Balaban J connectivity index is 1.25. The molecule has 0 aliphatic heterocycles. The van der Waals surface area contributed by atoms with E-state index in [1.54, 1.807) is 0 Å². The average Bonchev–Trinajstić information content (AvgIpc) is 3.67. The van der Waals surface area contributed by atoms with Gasteiger partial charge in [-0.2, -0.15) is 0 Å². The van der Waals surface area contributed by atoms with Crippen LogP contribution in [0.2, 0.25) is 0 Å². The molecule has 10 rings (SSSR count). The highest BCUT2D eigenvalue weighted by atomic mass is 15.0. The molecule has 2 nitrogen and oxygen atoms in total. The zero-order chi connectivity index (χ0) is 34.8. The van der Waals surface area contributed by atoms with Crippen LogP contribution in [-0.4, -0.2) is 9.55 Å². The van der Waals surface area contributed by atoms with Crippen LogP contribution >= 0.6 is 0 Å². The molecule has 52 heavy (non-hydrogen) atoms. The van der Waals surface area contributed by atoms with Crippen LogP contribution in [0.5, 0.6) is 0 Å². The molecule has 2 aromatic heterocycles. The predicted molar refractivity (Wildman–Crippen MR) is 218 cm³/mol. The highest BCUT2D eigenvalue weighted by Crippen LogP contribution is 2.52. The first-order valence-electron chi connectivity index (χ1n) is 18.1. The lowest BCUT2D eigenvalue weighted by Gasteiger charge is -2.21. The minimum atomic E-state index is -0.0514. The van der Waals surface area contributed by atoms with Gasteiger partial charge in [-0.05, 0) is 80.9 Å². The number of para-hydroxylation sites is 2. The molecule has 9 aromatic rings. The Morgan fingerprint density at radius 2 is 1.04 bits per heavy atom. The Morgan fingerprint density at radius 3 is 1.83 bits per heavy atom. The van der Waals surface area contributed by atoms with Crippen molar-refractivity contribution in [2.24, 2.45) is 0 Å². The molecule has 0 N–H and O–H groups in total. The van der Waals surface area contributed by atoms with Gasteiger partial charge in [0.2, 0.25) is 0 Å². The Morgan fingerprint density at radius 1 is 0.423 bits per heavy atom. The van der Waals surface area contributed by atoms with E-state index in [1.807, 2.05) is 0 Å². The van der Waals surface area contributed by atoms with E-state index in [4.69, 9.17) is 4.98 Å². The maximum Gasteiger partial charge on any atom is 0.0737 e. The van der Waals surface area contributed by atoms with Gasteiger partial charge in [0.25, 0.3) is 0 Å². The number of nitrogens with zero attached hydrogens (tertiary/aromatic N) is 2. The third kappa shape index (κ3) is 4.68. The van der Waals surface area contributed by atoms with Gasteiger partial charge < -0.3 is 4.57 Å². The topological polar surface area (TPSA) is 17.8 Å². The highest BCUT2D eigenvalue weighted by Gasteiger charge is 2.36. The largest absolute Gasteiger partial charge is 0.309 e. The Labute approximate surface area is 304 Å². The van der Waals surface area contributed by atoms with E-state index >= 15 is 0 Å². The van der Waals surface area contributed by atoms with E-state index in [9.17, 15) is 0 Å². The molecule has 2 heteroatoms. The molecule has 0 atom stereocenters. The molecule has 0 fully saturated rings. The molecule has 0 bridgehead atoms. The fourth-order valence-corrected chi connectivity index (χ4v) is 8.51. The van der Waals surface area contributed by atoms with E-state index in [-0.39, 0.29) is 5.41 Å². The molecule has 0 spiro atoms. The van der Waals surface area contributed by atoms with Crippen molar-refractivity contribution in [3.63, 3.8) is 0 Å². The van der Waals surface area contributed by atoms with Gasteiger partial charge in [-0.1, -0.05) is 159 Å². The summed E-state index contributed by atoms with van der Waals surface area (Å²) in [5.74, 6) is 0. The zero-order valence-corrected chi connectivity index (χ0v) is 29.2. The number of benzene rings is 7. The molecular weight excluding hydrogens is 629 g/mol. The van der Waals surface area contributed by atoms with Gasteiger partial charge in [0.1, 0.15) is 0 Å². The van der Waals surface area contributed by atoms with Gasteiger partial charge in [-0.25, -0.2) is 4.98 Å². The van der Waals surface area contributed by atoms with Crippen LogP contribution in [0.1, 0.15) is 25.0 Å². The molecule has 7 aromatic carbocycles. The third-order valence-electron chi connectivity index (χ3n) is 11.0. The van der Waals surface area contributed by atoms with Crippen LogP contribution in [0.3, 0.4) is 0 Å². The molecule has 246 valence electrons. The highest BCUT2D eigenvalue weighted by molar-refractivity contribution is 6.15. The lowest BCUT2D eigenvalue weighted by molar-refractivity contribution is 0.660. The maximum atomic E-state index is 5.38. The van der Waals surface area contributed by atoms with Crippen molar-refractivity contribution in [3.8, 4) is 61.6 Å². The monoisotopic (exact) mass is 664 g/mol. The summed E-state index contributed by atoms with van der Waals surface area (Å²) in [5.41, 5.74) is 17.8. The van der Waals surface area contributed by atoms with E-state index in [0.717, 1.165) is 39.3 Å². The van der Waals surface area contributed by atoms with E-state index in [1.165, 1.54) is 55.2 Å². The van der Waals surface area contributed by atoms with Crippen LogP contribution in [0.4, 0.5) is 0 Å². The standard InChI is InChI=1S/C50H36N2/c1-50(2)43-26-13-12-22-40(43)48-38(23-15-27-44(48)50)35-28-29-47-42(30-35)39-24-14-25-41(49(39)52(47)37-20-10-5-11-21-37)46-32-36(33-16-6-3-7-17-33)31-45(51-46)34-18-8-4-9-19-34/h3-32H,1-2H3. The predicted octanol–water partition coefficient (Wildman–Crippen LogP) is 13.2. The molecular formula is C50H36N2. The molecule has 0 unspecified atom stereocenters. The molecule has 0 saturated carbocycles. The second-order valence-electron chi connectivity index (χ2n) is 14.4. The fraction of sp³-hybridized carbons (Fsp3) is 0.0600. The van der Waals surface area contributed by atoms with Crippen molar-refractivity contribution in [2.75, 3.05) is 0 Å². The summed E-state index contributed by atoms with van der Waals surface area (Å²) in [7, 11) is 0. The van der Waals surface area contributed by atoms with Gasteiger partial charge in [0, 0.05) is 33.0 Å². The summed E-state index contributed by atoms with van der Waals surface area (Å²) >= 11 is 0. The fourth-order valence-electron chi connectivity index (χ4n) is 8.51. The summed E-state index contributed by atoms with van der Waals surface area (Å²) in [6, 6.07) is 65.8. The van der Waals surface area contributed by atoms with E-state index in [0.29, 0.717) is 0 Å². The van der Waals surface area contributed by atoms with Crippen molar-refractivity contribution in [2.45, 2.75) is 19.3 Å². The van der Waals surface area contributed by atoms with Crippen molar-refractivity contribution >= 4 is 21.8 Å². The summed E-state index contributed by atoms with van der Waals surface area (Å²) in [5, 5.41) is 2.43. The number of rotatable bonds is 5. The second kappa shape index (κ2) is 11.8. The Kier molecular flexibility index (Phi) is 6.87. The smallest absolute Gasteiger partial charge is 0.0737 e. The number of aromatic nitrogens is 2. The number of fused-ring (bicyclic) bond motifs is 6. The molecule has 2 heterocycles.